The van der Waals surface area contributed by atoms with Gasteiger partial charge in [0.15, 0.2) is 0 Å². The van der Waals surface area contributed by atoms with Gasteiger partial charge >= 0.3 is 0 Å². The van der Waals surface area contributed by atoms with E-state index in [1.165, 1.54) is 5.57 Å². The summed E-state index contributed by atoms with van der Waals surface area (Å²) in [6.07, 6.45) is 10.7. The van der Waals surface area contributed by atoms with Gasteiger partial charge in [-0.15, -0.1) is 0 Å². The van der Waals surface area contributed by atoms with Crippen LogP contribution in [0.25, 0.3) is 0 Å². The molecule has 0 aromatic carbocycles. The van der Waals surface area contributed by atoms with E-state index in [1.54, 1.807) is 6.08 Å². The summed E-state index contributed by atoms with van der Waals surface area (Å²) in [4.78, 5) is 0. The Morgan fingerprint density at radius 3 is 2.50 bits per heavy atom. The summed E-state index contributed by atoms with van der Waals surface area (Å²) in [5.74, 6) is 0. The molecule has 0 aromatic rings. The van der Waals surface area contributed by atoms with Crippen molar-refractivity contribution in [2.45, 2.75) is 13.3 Å². The fraction of sp³-hybridized carbons (Fsp3) is 0.200. The van der Waals surface area contributed by atoms with E-state index >= 15 is 0 Å². The third-order valence-electron chi connectivity index (χ3n) is 1.18. The van der Waals surface area contributed by atoms with Crippen LogP contribution in [0.1, 0.15) is 13.3 Å². The molecule has 0 saturated carbocycles. The van der Waals surface area contributed by atoms with Crippen LogP contribution >= 0.6 is 0 Å². The van der Waals surface area contributed by atoms with Gasteiger partial charge in [0.05, 0.1) is 0 Å². The average Bonchev–Trinajstić information content (AvgIpc) is 1.98. The fourth-order valence-corrected chi connectivity index (χ4v) is 0.625. The van der Waals surface area contributed by atoms with Crippen molar-refractivity contribution >= 4 is 0 Å². The molecule has 0 amide bonds. The summed E-state index contributed by atoms with van der Waals surface area (Å²) in [6.45, 7) is 9.30. The summed E-state index contributed by atoms with van der Waals surface area (Å²) in [6, 6.07) is 0. The van der Waals surface area contributed by atoms with Crippen molar-refractivity contribution in [2.75, 3.05) is 0 Å². The van der Waals surface area contributed by atoms with Crippen molar-refractivity contribution < 1.29 is 0 Å². The van der Waals surface area contributed by atoms with Crippen molar-refractivity contribution in [3.8, 4) is 0 Å². The van der Waals surface area contributed by atoms with Crippen molar-refractivity contribution in [1.29, 1.82) is 0 Å². The quantitative estimate of drug-likeness (QED) is 0.409. The Kier molecular flexibility index (Phi) is 5.45. The summed E-state index contributed by atoms with van der Waals surface area (Å²) in [7, 11) is 0. The lowest BCUT2D eigenvalue weighted by Gasteiger charge is -1.91. The first-order chi connectivity index (χ1) is 4.85. The SMILES string of the molecule is C=C/C=C(\C=C)C/C=C/C. The van der Waals surface area contributed by atoms with Crippen LogP contribution in [0.3, 0.4) is 0 Å². The second-order valence-corrected chi connectivity index (χ2v) is 1.95. The molecule has 0 unspecified atom stereocenters. The zero-order chi connectivity index (χ0) is 7.82. The summed E-state index contributed by atoms with van der Waals surface area (Å²) >= 11 is 0. The third kappa shape index (κ3) is 3.90. The first kappa shape index (κ1) is 8.96. The van der Waals surface area contributed by atoms with E-state index in [-0.39, 0.29) is 0 Å². The van der Waals surface area contributed by atoms with Crippen molar-refractivity contribution in [3.63, 3.8) is 0 Å². The predicted molar refractivity (Wildman–Crippen MR) is 47.9 cm³/mol. The van der Waals surface area contributed by atoms with Crippen LogP contribution in [0.15, 0.2) is 49.1 Å². The molecule has 0 heteroatoms. The lowest BCUT2D eigenvalue weighted by Crippen LogP contribution is -1.71. The molecule has 0 N–H and O–H groups in total. The number of hydrogen-bond donors (Lipinski definition) is 0. The molecule has 0 bridgehead atoms. The van der Waals surface area contributed by atoms with Crippen LogP contribution in [-0.4, -0.2) is 0 Å². The van der Waals surface area contributed by atoms with E-state index in [1.807, 2.05) is 25.2 Å². The van der Waals surface area contributed by atoms with Gasteiger partial charge in [-0.2, -0.15) is 0 Å². The van der Waals surface area contributed by atoms with Crippen LogP contribution in [-0.2, 0) is 0 Å². The molecule has 0 aliphatic rings. The van der Waals surface area contributed by atoms with Gasteiger partial charge in [0.2, 0.25) is 0 Å². The lowest BCUT2D eigenvalue weighted by atomic mass is 10.1. The first-order valence-corrected chi connectivity index (χ1v) is 3.40. The predicted octanol–water partition coefficient (Wildman–Crippen LogP) is 3.25. The maximum atomic E-state index is 3.68. The highest BCUT2D eigenvalue weighted by molar-refractivity contribution is 5.23. The minimum Gasteiger partial charge on any atom is -0.0991 e. The zero-order valence-corrected chi connectivity index (χ0v) is 6.51. The Morgan fingerprint density at radius 2 is 2.10 bits per heavy atom. The van der Waals surface area contributed by atoms with Gasteiger partial charge in [-0.3, -0.25) is 0 Å². The standard InChI is InChI=1S/C10H14/c1-4-7-9-10(6-3)8-5-2/h4-8H,2-3,9H2,1H3/b7-4+,10-8+. The van der Waals surface area contributed by atoms with E-state index in [4.69, 9.17) is 0 Å². The molecule has 0 fully saturated rings. The third-order valence-corrected chi connectivity index (χ3v) is 1.18. The second kappa shape index (κ2) is 6.09. The van der Waals surface area contributed by atoms with Gasteiger partial charge in [0.25, 0.3) is 0 Å². The summed E-state index contributed by atoms with van der Waals surface area (Å²) < 4.78 is 0. The van der Waals surface area contributed by atoms with Gasteiger partial charge in [-0.05, 0) is 18.9 Å². The van der Waals surface area contributed by atoms with Gasteiger partial charge in [-0.25, -0.2) is 0 Å². The Labute approximate surface area is 63.3 Å². The van der Waals surface area contributed by atoms with Crippen molar-refractivity contribution in [3.05, 3.63) is 49.1 Å². The molecule has 0 saturated heterocycles. The monoisotopic (exact) mass is 134 g/mol. The van der Waals surface area contributed by atoms with Crippen LogP contribution in [0.5, 0.6) is 0 Å². The molecule has 0 nitrogen and oxygen atoms in total. The molecule has 0 heterocycles. The highest BCUT2D eigenvalue weighted by Crippen LogP contribution is 2.02. The van der Waals surface area contributed by atoms with E-state index in [0.717, 1.165) is 6.42 Å². The fourth-order valence-electron chi connectivity index (χ4n) is 0.625. The first-order valence-electron chi connectivity index (χ1n) is 3.40. The molecule has 0 spiro atoms. The van der Waals surface area contributed by atoms with E-state index in [0.29, 0.717) is 0 Å². The molecule has 54 valence electrons. The lowest BCUT2D eigenvalue weighted by molar-refractivity contribution is 1.28. The van der Waals surface area contributed by atoms with E-state index in [9.17, 15) is 0 Å². The second-order valence-electron chi connectivity index (χ2n) is 1.95. The van der Waals surface area contributed by atoms with Crippen molar-refractivity contribution in [2.24, 2.45) is 0 Å². The van der Waals surface area contributed by atoms with Crippen LogP contribution < -0.4 is 0 Å². The van der Waals surface area contributed by atoms with E-state index in [2.05, 4.69) is 19.2 Å². The molecule has 0 aliphatic heterocycles. The Hall–Kier alpha value is -1.04. The highest BCUT2D eigenvalue weighted by atomic mass is 13.9. The molecule has 10 heavy (non-hydrogen) atoms. The maximum absolute atomic E-state index is 3.68. The minimum absolute atomic E-state index is 0.950. The molecule has 0 atom stereocenters. The number of allylic oxidation sites excluding steroid dienone is 6. The topological polar surface area (TPSA) is 0 Å². The Morgan fingerprint density at radius 1 is 1.40 bits per heavy atom. The van der Waals surface area contributed by atoms with Crippen LogP contribution in [0.2, 0.25) is 0 Å². The van der Waals surface area contributed by atoms with Crippen LogP contribution in [0.4, 0.5) is 0 Å². The number of hydrogen-bond acceptors (Lipinski definition) is 0. The van der Waals surface area contributed by atoms with Gasteiger partial charge in [-0.1, -0.05) is 43.5 Å². The molecule has 0 rings (SSSR count). The maximum Gasteiger partial charge on any atom is -0.00978 e. The highest BCUT2D eigenvalue weighted by Gasteiger charge is 1.82. The van der Waals surface area contributed by atoms with Crippen LogP contribution in [0, 0.1) is 0 Å². The van der Waals surface area contributed by atoms with E-state index < -0.39 is 0 Å². The smallest absolute Gasteiger partial charge is 0.00978 e. The summed E-state index contributed by atoms with van der Waals surface area (Å²) in [5, 5.41) is 0. The largest absolute Gasteiger partial charge is 0.0991 e. The molecule has 0 aliphatic carbocycles. The van der Waals surface area contributed by atoms with Gasteiger partial charge in [0, 0.05) is 0 Å². The van der Waals surface area contributed by atoms with Crippen molar-refractivity contribution in [1.82, 2.24) is 0 Å². The number of rotatable bonds is 4. The molecular weight excluding hydrogens is 120 g/mol. The molecule has 0 aromatic heterocycles. The minimum atomic E-state index is 0.950. The summed E-state index contributed by atoms with van der Waals surface area (Å²) in [5.41, 5.74) is 1.20. The zero-order valence-electron chi connectivity index (χ0n) is 6.51. The van der Waals surface area contributed by atoms with Gasteiger partial charge in [0.1, 0.15) is 0 Å². The average molecular weight is 134 g/mol. The normalized spacial score (nSPS) is 11.9. The van der Waals surface area contributed by atoms with Gasteiger partial charge < -0.3 is 0 Å². The molecule has 0 radical (unpaired) electrons. The Bertz CT molecular complexity index is 159. The molecular formula is C10H14. The Balaban J connectivity index is 3.94.